The average molecular weight is 394 g/mol. The van der Waals surface area contributed by atoms with Crippen LogP contribution in [0.2, 0.25) is 0 Å². The molecule has 1 aliphatic heterocycles. The van der Waals surface area contributed by atoms with E-state index >= 15 is 0 Å². The lowest BCUT2D eigenvalue weighted by Crippen LogP contribution is -2.29. The summed E-state index contributed by atoms with van der Waals surface area (Å²) >= 11 is 0. The SMILES string of the molecule is O=C(NCCNc1ccc(C(F)(F)F)cn1)c1ccc(N2CCOC2=O)cc1. The van der Waals surface area contributed by atoms with Crippen LogP contribution < -0.4 is 15.5 Å². The third-order valence-corrected chi connectivity index (χ3v) is 4.01. The Morgan fingerprint density at radius 1 is 1.14 bits per heavy atom. The van der Waals surface area contributed by atoms with Gasteiger partial charge >= 0.3 is 12.3 Å². The summed E-state index contributed by atoms with van der Waals surface area (Å²) in [6.45, 7) is 1.35. The molecule has 2 amide bonds. The Hall–Kier alpha value is -3.30. The van der Waals surface area contributed by atoms with Crippen molar-refractivity contribution in [3.05, 3.63) is 53.7 Å². The predicted molar refractivity (Wildman–Crippen MR) is 95.2 cm³/mol. The second kappa shape index (κ2) is 8.15. The number of amides is 2. The Labute approximate surface area is 158 Å². The van der Waals surface area contributed by atoms with Crippen LogP contribution in [-0.2, 0) is 10.9 Å². The molecule has 148 valence electrons. The first-order chi connectivity index (χ1) is 13.3. The number of nitrogens with one attached hydrogen (secondary N) is 2. The molecule has 0 atom stereocenters. The Bertz CT molecular complexity index is 839. The van der Waals surface area contributed by atoms with E-state index in [1.807, 2.05) is 0 Å². The topological polar surface area (TPSA) is 83.6 Å². The maximum atomic E-state index is 12.5. The molecule has 1 saturated heterocycles. The number of hydrogen-bond donors (Lipinski definition) is 2. The highest BCUT2D eigenvalue weighted by Gasteiger charge is 2.30. The fourth-order valence-electron chi connectivity index (χ4n) is 2.56. The summed E-state index contributed by atoms with van der Waals surface area (Å²) in [6.07, 6.45) is -4.09. The minimum Gasteiger partial charge on any atom is -0.447 e. The van der Waals surface area contributed by atoms with E-state index in [1.54, 1.807) is 24.3 Å². The van der Waals surface area contributed by atoms with Crippen molar-refractivity contribution in [1.29, 1.82) is 0 Å². The molecular weight excluding hydrogens is 377 g/mol. The number of benzene rings is 1. The van der Waals surface area contributed by atoms with E-state index in [0.29, 0.717) is 30.9 Å². The van der Waals surface area contributed by atoms with Crippen LogP contribution in [-0.4, -0.2) is 43.2 Å². The standard InChI is InChI=1S/C18H17F3N4O3/c19-18(20,21)13-3-6-15(24-11-13)22-7-8-23-16(26)12-1-4-14(5-2-12)25-9-10-28-17(25)27/h1-6,11H,7-10H2,(H,22,24)(H,23,26). The highest BCUT2D eigenvalue weighted by molar-refractivity contribution is 5.95. The molecule has 1 aromatic carbocycles. The summed E-state index contributed by atoms with van der Waals surface area (Å²) in [7, 11) is 0. The molecule has 0 bridgehead atoms. The van der Waals surface area contributed by atoms with Crippen LogP contribution in [0.3, 0.4) is 0 Å². The third-order valence-electron chi connectivity index (χ3n) is 4.01. The van der Waals surface area contributed by atoms with Gasteiger partial charge in [0.15, 0.2) is 0 Å². The summed E-state index contributed by atoms with van der Waals surface area (Å²) in [6, 6.07) is 8.68. The summed E-state index contributed by atoms with van der Waals surface area (Å²) in [5.41, 5.74) is 0.245. The Morgan fingerprint density at radius 2 is 1.89 bits per heavy atom. The normalized spacial score (nSPS) is 14.0. The molecule has 0 aliphatic carbocycles. The van der Waals surface area contributed by atoms with E-state index in [2.05, 4.69) is 15.6 Å². The maximum absolute atomic E-state index is 12.5. The number of rotatable bonds is 6. The molecule has 2 aromatic rings. The fourth-order valence-corrected chi connectivity index (χ4v) is 2.56. The van der Waals surface area contributed by atoms with Gasteiger partial charge in [0.25, 0.3) is 5.91 Å². The second-order valence-corrected chi connectivity index (χ2v) is 5.93. The first-order valence-electron chi connectivity index (χ1n) is 8.44. The van der Waals surface area contributed by atoms with Crippen molar-refractivity contribution in [3.63, 3.8) is 0 Å². The maximum Gasteiger partial charge on any atom is 0.417 e. The molecule has 0 unspecified atom stereocenters. The number of alkyl halides is 3. The van der Waals surface area contributed by atoms with Crippen molar-refractivity contribution in [2.24, 2.45) is 0 Å². The van der Waals surface area contributed by atoms with Gasteiger partial charge in [-0.1, -0.05) is 0 Å². The van der Waals surface area contributed by atoms with Crippen LogP contribution in [0.25, 0.3) is 0 Å². The smallest absolute Gasteiger partial charge is 0.417 e. The zero-order valence-corrected chi connectivity index (χ0v) is 14.6. The van der Waals surface area contributed by atoms with Gasteiger partial charge in [0.1, 0.15) is 12.4 Å². The van der Waals surface area contributed by atoms with Crippen molar-refractivity contribution < 1.29 is 27.5 Å². The van der Waals surface area contributed by atoms with Crippen LogP contribution in [0, 0.1) is 0 Å². The molecule has 2 heterocycles. The number of halogens is 3. The number of carbonyl (C=O) groups excluding carboxylic acids is 2. The third kappa shape index (κ3) is 4.70. The van der Waals surface area contributed by atoms with Crippen molar-refractivity contribution in [3.8, 4) is 0 Å². The number of pyridine rings is 1. The van der Waals surface area contributed by atoms with Crippen molar-refractivity contribution >= 4 is 23.5 Å². The molecule has 3 rings (SSSR count). The lowest BCUT2D eigenvalue weighted by molar-refractivity contribution is -0.137. The first kappa shape index (κ1) is 19.5. The fraction of sp³-hybridized carbons (Fsp3) is 0.278. The van der Waals surface area contributed by atoms with Crippen LogP contribution in [0.15, 0.2) is 42.6 Å². The van der Waals surface area contributed by atoms with Crippen molar-refractivity contribution in [1.82, 2.24) is 10.3 Å². The number of nitrogens with zero attached hydrogens (tertiary/aromatic N) is 2. The molecular formula is C18H17F3N4O3. The minimum absolute atomic E-state index is 0.252. The van der Waals surface area contributed by atoms with Gasteiger partial charge in [-0.2, -0.15) is 13.2 Å². The van der Waals surface area contributed by atoms with Crippen LogP contribution in [0.1, 0.15) is 15.9 Å². The van der Waals surface area contributed by atoms with Gasteiger partial charge in [0.2, 0.25) is 0 Å². The number of cyclic esters (lactones) is 1. The molecule has 7 nitrogen and oxygen atoms in total. The van der Waals surface area contributed by atoms with Gasteiger partial charge in [-0.05, 0) is 36.4 Å². The van der Waals surface area contributed by atoms with E-state index in [4.69, 9.17) is 4.74 Å². The van der Waals surface area contributed by atoms with Gasteiger partial charge in [0, 0.05) is 30.5 Å². The van der Waals surface area contributed by atoms with Crippen LogP contribution in [0.4, 0.5) is 29.5 Å². The van der Waals surface area contributed by atoms with Gasteiger partial charge in [0.05, 0.1) is 12.1 Å². The first-order valence-corrected chi connectivity index (χ1v) is 8.44. The molecule has 1 aliphatic rings. The largest absolute Gasteiger partial charge is 0.447 e. The number of hydrogen-bond acceptors (Lipinski definition) is 5. The molecule has 28 heavy (non-hydrogen) atoms. The van der Waals surface area contributed by atoms with Crippen LogP contribution >= 0.6 is 0 Å². The van der Waals surface area contributed by atoms with Gasteiger partial charge in [-0.3, -0.25) is 9.69 Å². The predicted octanol–water partition coefficient (Wildman–Crippen LogP) is 2.90. The number of ether oxygens (including phenoxy) is 1. The zero-order valence-electron chi connectivity index (χ0n) is 14.6. The highest BCUT2D eigenvalue weighted by Crippen LogP contribution is 2.28. The molecule has 10 heteroatoms. The van der Waals surface area contributed by atoms with Gasteiger partial charge in [-0.15, -0.1) is 0 Å². The van der Waals surface area contributed by atoms with Gasteiger partial charge < -0.3 is 15.4 Å². The summed E-state index contributed by atoms with van der Waals surface area (Å²) < 4.78 is 42.3. The monoisotopic (exact) mass is 394 g/mol. The minimum atomic E-state index is -4.43. The van der Waals surface area contributed by atoms with Gasteiger partial charge in [-0.25, -0.2) is 9.78 Å². The number of carbonyl (C=O) groups is 2. The average Bonchev–Trinajstić information content (AvgIpc) is 3.11. The lowest BCUT2D eigenvalue weighted by atomic mass is 10.2. The van der Waals surface area contributed by atoms with E-state index in [1.165, 1.54) is 11.0 Å². The molecule has 2 N–H and O–H groups in total. The molecule has 0 saturated carbocycles. The molecule has 0 radical (unpaired) electrons. The molecule has 0 spiro atoms. The van der Waals surface area contributed by atoms with E-state index < -0.39 is 17.8 Å². The molecule has 1 aromatic heterocycles. The zero-order chi connectivity index (χ0) is 20.1. The van der Waals surface area contributed by atoms with Crippen LogP contribution in [0.5, 0.6) is 0 Å². The second-order valence-electron chi connectivity index (χ2n) is 5.93. The van der Waals surface area contributed by atoms with E-state index in [9.17, 15) is 22.8 Å². The summed E-state index contributed by atoms with van der Waals surface area (Å²) in [4.78, 5) is 28.8. The highest BCUT2D eigenvalue weighted by atomic mass is 19.4. The Kier molecular flexibility index (Phi) is 5.67. The lowest BCUT2D eigenvalue weighted by Gasteiger charge is -2.13. The van der Waals surface area contributed by atoms with E-state index in [0.717, 1.165) is 12.3 Å². The molecule has 1 fully saturated rings. The Balaban J connectivity index is 1.45. The number of anilines is 2. The van der Waals surface area contributed by atoms with Crippen molar-refractivity contribution in [2.45, 2.75) is 6.18 Å². The van der Waals surface area contributed by atoms with Crippen molar-refractivity contribution in [2.75, 3.05) is 36.5 Å². The number of aromatic nitrogens is 1. The Morgan fingerprint density at radius 3 is 2.46 bits per heavy atom. The quantitative estimate of drug-likeness (QED) is 0.736. The summed E-state index contributed by atoms with van der Waals surface area (Å²) in [5, 5.41) is 5.52. The van der Waals surface area contributed by atoms with E-state index in [-0.39, 0.29) is 18.3 Å². The summed E-state index contributed by atoms with van der Waals surface area (Å²) in [5.74, 6) is -0.0261.